The number of alkyl halides is 2. The lowest BCUT2D eigenvalue weighted by Crippen LogP contribution is -2.19. The maximum Gasteiger partial charge on any atom is 0.345 e. The molecule has 1 heterocycles. The first-order chi connectivity index (χ1) is 7.40. The summed E-state index contributed by atoms with van der Waals surface area (Å²) in [6.45, 7) is 0.100. The van der Waals surface area contributed by atoms with E-state index in [2.05, 4.69) is 9.84 Å². The fourth-order valence-corrected chi connectivity index (χ4v) is 1.26. The summed E-state index contributed by atoms with van der Waals surface area (Å²) in [6.07, 6.45) is 0.430. The van der Waals surface area contributed by atoms with Crippen molar-refractivity contribution in [2.45, 2.75) is 33.1 Å². The van der Waals surface area contributed by atoms with E-state index in [0.717, 1.165) is 0 Å². The topological polar surface area (TPSA) is 70.2 Å². The van der Waals surface area contributed by atoms with Crippen molar-refractivity contribution in [3.05, 3.63) is 22.0 Å². The Labute approximate surface area is 90.0 Å². The Hall–Kier alpha value is -1.57. The van der Waals surface area contributed by atoms with Crippen LogP contribution in [0, 0.1) is 17.0 Å². The predicted molar refractivity (Wildman–Crippen MR) is 50.2 cm³/mol. The van der Waals surface area contributed by atoms with Crippen molar-refractivity contribution in [1.29, 1.82) is 0 Å². The minimum absolute atomic E-state index is 0.0407. The van der Waals surface area contributed by atoms with Crippen LogP contribution in [0.15, 0.2) is 6.20 Å². The van der Waals surface area contributed by atoms with Crippen molar-refractivity contribution >= 4 is 5.69 Å². The van der Waals surface area contributed by atoms with Crippen LogP contribution in [-0.2, 0) is 11.3 Å². The Morgan fingerprint density at radius 3 is 2.75 bits per heavy atom. The molecule has 8 heteroatoms. The number of nitro groups is 1. The van der Waals surface area contributed by atoms with E-state index in [4.69, 9.17) is 0 Å². The smallest absolute Gasteiger partial charge is 0.318 e. The summed E-state index contributed by atoms with van der Waals surface area (Å²) in [5.74, 6) is 0. The molecule has 0 aromatic carbocycles. The molecule has 0 saturated carbocycles. The molecule has 0 bridgehead atoms. The van der Waals surface area contributed by atoms with Gasteiger partial charge in [-0.05, 0) is 13.8 Å². The van der Waals surface area contributed by atoms with Crippen molar-refractivity contribution in [2.75, 3.05) is 0 Å². The second-order valence-corrected chi connectivity index (χ2v) is 3.29. The SMILES string of the molecule is Cc1nn(C[C@@H](C)OC(F)F)cc1[N+](=O)[O-]. The minimum atomic E-state index is -2.86. The zero-order valence-corrected chi connectivity index (χ0v) is 8.76. The maximum atomic E-state index is 11.8. The fraction of sp³-hybridized carbons (Fsp3) is 0.625. The van der Waals surface area contributed by atoms with Crippen LogP contribution in [-0.4, -0.2) is 27.4 Å². The monoisotopic (exact) mass is 235 g/mol. The lowest BCUT2D eigenvalue weighted by Gasteiger charge is -2.11. The van der Waals surface area contributed by atoms with Gasteiger partial charge in [0.1, 0.15) is 11.9 Å². The van der Waals surface area contributed by atoms with Crippen LogP contribution in [0.5, 0.6) is 0 Å². The van der Waals surface area contributed by atoms with Gasteiger partial charge in [-0.2, -0.15) is 13.9 Å². The van der Waals surface area contributed by atoms with E-state index in [-0.39, 0.29) is 17.9 Å². The summed E-state index contributed by atoms with van der Waals surface area (Å²) in [6, 6.07) is 0. The van der Waals surface area contributed by atoms with Gasteiger partial charge in [-0.25, -0.2) is 0 Å². The number of nitrogens with zero attached hydrogens (tertiary/aromatic N) is 3. The second-order valence-electron chi connectivity index (χ2n) is 3.29. The van der Waals surface area contributed by atoms with Gasteiger partial charge in [-0.3, -0.25) is 14.8 Å². The zero-order valence-electron chi connectivity index (χ0n) is 8.76. The third-order valence-corrected chi connectivity index (χ3v) is 1.90. The molecule has 0 aliphatic rings. The molecule has 6 nitrogen and oxygen atoms in total. The first-order valence-corrected chi connectivity index (χ1v) is 4.52. The van der Waals surface area contributed by atoms with Crippen LogP contribution in [0.4, 0.5) is 14.5 Å². The summed E-state index contributed by atoms with van der Waals surface area (Å²) in [4.78, 5) is 9.93. The summed E-state index contributed by atoms with van der Waals surface area (Å²) in [5, 5.41) is 14.3. The average Bonchev–Trinajstić information content (AvgIpc) is 2.44. The lowest BCUT2D eigenvalue weighted by molar-refractivity contribution is -0.385. The van der Waals surface area contributed by atoms with E-state index < -0.39 is 17.6 Å². The van der Waals surface area contributed by atoms with Gasteiger partial charge < -0.3 is 4.74 Å². The Bertz CT molecular complexity index is 381. The van der Waals surface area contributed by atoms with E-state index >= 15 is 0 Å². The van der Waals surface area contributed by atoms with Gasteiger partial charge >= 0.3 is 12.3 Å². The molecule has 1 rings (SSSR count). The van der Waals surface area contributed by atoms with Crippen LogP contribution in [0.2, 0.25) is 0 Å². The molecule has 0 unspecified atom stereocenters. The van der Waals surface area contributed by atoms with Crippen LogP contribution < -0.4 is 0 Å². The Kier molecular flexibility index (Phi) is 3.88. The van der Waals surface area contributed by atoms with E-state index in [1.807, 2.05) is 0 Å². The standard InChI is InChI=1S/C8H11F2N3O3/c1-5(16-8(9)10)3-12-4-7(13(14)15)6(2)11-12/h4-5,8H,3H2,1-2H3/t5-/m1/s1. The normalized spacial score (nSPS) is 13.1. The molecular formula is C8H11F2N3O3. The predicted octanol–water partition coefficient (Wildman–Crippen LogP) is 1.73. The third-order valence-electron chi connectivity index (χ3n) is 1.90. The van der Waals surface area contributed by atoms with Crippen molar-refractivity contribution in [3.8, 4) is 0 Å². The summed E-state index contributed by atoms with van der Waals surface area (Å²) < 4.78 is 29.1. The van der Waals surface area contributed by atoms with Gasteiger partial charge in [-0.1, -0.05) is 0 Å². The first-order valence-electron chi connectivity index (χ1n) is 4.52. The molecule has 1 atom stereocenters. The van der Waals surface area contributed by atoms with Crippen LogP contribution in [0.1, 0.15) is 12.6 Å². The first kappa shape index (κ1) is 12.5. The average molecular weight is 235 g/mol. The van der Waals surface area contributed by atoms with E-state index in [1.165, 1.54) is 24.7 Å². The summed E-state index contributed by atoms with van der Waals surface area (Å²) in [7, 11) is 0. The molecule has 1 aromatic heterocycles. The fourth-order valence-electron chi connectivity index (χ4n) is 1.26. The highest BCUT2D eigenvalue weighted by atomic mass is 19.3. The minimum Gasteiger partial charge on any atom is -0.318 e. The van der Waals surface area contributed by atoms with Gasteiger partial charge in [0.25, 0.3) is 0 Å². The molecule has 0 spiro atoms. The molecule has 0 amide bonds. The van der Waals surface area contributed by atoms with Crippen LogP contribution in [0.3, 0.4) is 0 Å². The van der Waals surface area contributed by atoms with Crippen molar-refractivity contribution in [3.63, 3.8) is 0 Å². The Morgan fingerprint density at radius 2 is 2.31 bits per heavy atom. The molecule has 90 valence electrons. The maximum absolute atomic E-state index is 11.8. The van der Waals surface area contributed by atoms with E-state index in [0.29, 0.717) is 0 Å². The van der Waals surface area contributed by atoms with Crippen LogP contribution in [0.25, 0.3) is 0 Å². The Morgan fingerprint density at radius 1 is 1.69 bits per heavy atom. The molecule has 1 aromatic rings. The highest BCUT2D eigenvalue weighted by Crippen LogP contribution is 2.15. The van der Waals surface area contributed by atoms with Crippen molar-refractivity contribution in [2.24, 2.45) is 0 Å². The van der Waals surface area contributed by atoms with Gasteiger partial charge in [0.2, 0.25) is 0 Å². The molecule has 0 aliphatic carbocycles. The Balaban J connectivity index is 2.68. The van der Waals surface area contributed by atoms with Crippen LogP contribution >= 0.6 is 0 Å². The molecule has 0 N–H and O–H groups in total. The molecule has 0 radical (unpaired) electrons. The summed E-state index contributed by atoms with van der Waals surface area (Å²) >= 11 is 0. The number of ether oxygens (including phenoxy) is 1. The van der Waals surface area contributed by atoms with Gasteiger partial charge in [0, 0.05) is 0 Å². The highest BCUT2D eigenvalue weighted by Gasteiger charge is 2.17. The molecule has 0 aliphatic heterocycles. The molecule has 0 fully saturated rings. The largest absolute Gasteiger partial charge is 0.345 e. The summed E-state index contributed by atoms with van der Waals surface area (Å²) in [5.41, 5.74) is 0.110. The zero-order chi connectivity index (χ0) is 12.3. The van der Waals surface area contributed by atoms with Gasteiger partial charge in [-0.15, -0.1) is 0 Å². The highest BCUT2D eigenvalue weighted by molar-refractivity contribution is 5.30. The number of hydrogen-bond acceptors (Lipinski definition) is 4. The lowest BCUT2D eigenvalue weighted by atomic mass is 10.4. The number of aromatic nitrogens is 2. The van der Waals surface area contributed by atoms with E-state index in [9.17, 15) is 18.9 Å². The van der Waals surface area contributed by atoms with Crippen molar-refractivity contribution in [1.82, 2.24) is 9.78 Å². The number of rotatable bonds is 5. The number of hydrogen-bond donors (Lipinski definition) is 0. The second kappa shape index (κ2) is 4.97. The quantitative estimate of drug-likeness (QED) is 0.575. The molecular weight excluding hydrogens is 224 g/mol. The molecule has 0 saturated heterocycles. The van der Waals surface area contributed by atoms with Crippen molar-refractivity contribution < 1.29 is 18.4 Å². The van der Waals surface area contributed by atoms with E-state index in [1.54, 1.807) is 0 Å². The molecule has 16 heavy (non-hydrogen) atoms. The third kappa shape index (κ3) is 3.23. The number of aryl methyl sites for hydroxylation is 1. The number of halogens is 2. The van der Waals surface area contributed by atoms with Gasteiger partial charge in [0.15, 0.2) is 0 Å². The van der Waals surface area contributed by atoms with Gasteiger partial charge in [0.05, 0.1) is 17.6 Å².